The van der Waals surface area contributed by atoms with Crippen molar-refractivity contribution in [3.05, 3.63) is 63.6 Å². The zero-order valence-corrected chi connectivity index (χ0v) is 28.3. The van der Waals surface area contributed by atoms with Crippen LogP contribution in [0.3, 0.4) is 0 Å². The van der Waals surface area contributed by atoms with Crippen molar-refractivity contribution in [1.29, 1.82) is 0 Å². The highest BCUT2D eigenvalue weighted by molar-refractivity contribution is 7.89. The number of carboxylic acids is 1. The van der Waals surface area contributed by atoms with Crippen LogP contribution in [0, 0.1) is 29.5 Å². The van der Waals surface area contributed by atoms with Crippen molar-refractivity contribution in [1.82, 2.24) is 4.98 Å². The van der Waals surface area contributed by atoms with Gasteiger partial charge in [-0.25, -0.2) is 27.7 Å². The second-order valence-corrected chi connectivity index (χ2v) is 16.1. The largest absolute Gasteiger partial charge is 0.489 e. The van der Waals surface area contributed by atoms with Crippen molar-refractivity contribution in [2.45, 2.75) is 76.1 Å². The van der Waals surface area contributed by atoms with Gasteiger partial charge in [0.05, 0.1) is 16.9 Å². The third-order valence-electron chi connectivity index (χ3n) is 11.0. The molecule has 47 heavy (non-hydrogen) atoms. The van der Waals surface area contributed by atoms with Crippen LogP contribution in [0.25, 0.3) is 0 Å². The minimum atomic E-state index is -3.69. The third kappa shape index (κ3) is 6.36. The van der Waals surface area contributed by atoms with Gasteiger partial charge in [-0.15, -0.1) is 0 Å². The summed E-state index contributed by atoms with van der Waals surface area (Å²) in [7, 11) is -3.69. The van der Waals surface area contributed by atoms with E-state index in [1.54, 1.807) is 19.1 Å². The first-order chi connectivity index (χ1) is 22.2. The van der Waals surface area contributed by atoms with Crippen LogP contribution >= 0.6 is 11.6 Å². The van der Waals surface area contributed by atoms with Crippen LogP contribution in [0.15, 0.2) is 35.9 Å². The van der Waals surface area contributed by atoms with E-state index < -0.39 is 44.5 Å². The summed E-state index contributed by atoms with van der Waals surface area (Å²) in [6, 6.07) is 6.52. The summed E-state index contributed by atoms with van der Waals surface area (Å²) in [5, 5.41) is 14.6. The lowest BCUT2D eigenvalue weighted by Crippen LogP contribution is -2.51. The highest BCUT2D eigenvalue weighted by atomic mass is 35.5. The molecule has 3 N–H and O–H groups in total. The van der Waals surface area contributed by atoms with E-state index >= 15 is 4.39 Å². The number of sulfonamides is 1. The average molecular weight is 690 g/mol. The number of primary sulfonamides is 1. The van der Waals surface area contributed by atoms with Gasteiger partial charge in [-0.2, -0.15) is 0 Å². The van der Waals surface area contributed by atoms with Crippen LogP contribution in [0.5, 0.6) is 5.75 Å². The van der Waals surface area contributed by atoms with E-state index in [1.165, 1.54) is 13.0 Å². The normalized spacial score (nSPS) is 27.1. The fourth-order valence-corrected chi connectivity index (χ4v) is 8.94. The Kier molecular flexibility index (Phi) is 9.08. The summed E-state index contributed by atoms with van der Waals surface area (Å²) in [5.74, 6) is -1.19. The number of benzene rings is 1. The average Bonchev–Trinajstić information content (AvgIpc) is 3.12. The van der Waals surface area contributed by atoms with Crippen molar-refractivity contribution >= 4 is 39.4 Å². The predicted octanol–water partition coefficient (Wildman–Crippen LogP) is 5.26. The molecule has 7 atom stereocenters. The summed E-state index contributed by atoms with van der Waals surface area (Å²) >= 11 is 6.18. The van der Waals surface area contributed by atoms with E-state index in [-0.39, 0.29) is 41.0 Å². The number of fused-ring (bicyclic) bond motifs is 3. The zero-order valence-electron chi connectivity index (χ0n) is 26.7. The van der Waals surface area contributed by atoms with Gasteiger partial charge in [-0.1, -0.05) is 30.7 Å². The number of nitrogens with two attached hydrogens (primary N) is 1. The van der Waals surface area contributed by atoms with Gasteiger partial charge in [0.25, 0.3) is 0 Å². The molecule has 254 valence electrons. The standard InChI is InChI=1S/C34H41ClFN3O7S/c1-18(19(2)47(37,43)44)22-13-23(14-22)31(46-20(3)40)24-7-6-21(24)15-39-16-34(12-4-5-25-26(34)8-9-27(35)30(25)36)17-45-29-11-10-28(33(41)42)38-32(29)39/h8-11,13,18-19,21-22,24,31H,4-7,12,14-17H2,1-3H3,(H,41,42)(H2,37,43,44)/t18-,19-,21+,22+,24-,31?,34+/m1/s1. The van der Waals surface area contributed by atoms with Crippen molar-refractivity contribution < 1.29 is 37.0 Å². The summed E-state index contributed by atoms with van der Waals surface area (Å²) < 4.78 is 51.5. The molecule has 1 spiro atoms. The number of aromatic carboxylic acids is 1. The molecular weight excluding hydrogens is 649 g/mol. The Balaban J connectivity index is 1.31. The molecule has 2 aromatic rings. The number of anilines is 1. The van der Waals surface area contributed by atoms with Gasteiger partial charge in [0.15, 0.2) is 17.3 Å². The van der Waals surface area contributed by atoms with Crippen LogP contribution in [0.2, 0.25) is 5.02 Å². The molecule has 3 aliphatic carbocycles. The molecule has 10 nitrogen and oxygen atoms in total. The summed E-state index contributed by atoms with van der Waals surface area (Å²) in [6.45, 7) is 6.07. The minimum Gasteiger partial charge on any atom is -0.489 e. The number of aromatic nitrogens is 1. The number of carbonyl (C=O) groups is 2. The molecule has 1 unspecified atom stereocenters. The third-order valence-corrected chi connectivity index (χ3v) is 12.8. The van der Waals surface area contributed by atoms with Crippen LogP contribution in [-0.2, 0) is 31.4 Å². The smallest absolute Gasteiger partial charge is 0.354 e. The summed E-state index contributed by atoms with van der Waals surface area (Å²) in [5.41, 5.74) is 1.72. The first-order valence-corrected chi connectivity index (χ1v) is 18.2. The number of pyridine rings is 1. The first kappa shape index (κ1) is 33.7. The molecule has 1 fully saturated rings. The van der Waals surface area contributed by atoms with E-state index in [2.05, 4.69) is 9.88 Å². The predicted molar refractivity (Wildman–Crippen MR) is 175 cm³/mol. The molecule has 1 aromatic carbocycles. The Hall–Kier alpha value is -3.22. The monoisotopic (exact) mass is 689 g/mol. The van der Waals surface area contributed by atoms with Gasteiger partial charge < -0.3 is 19.5 Å². The number of hydrogen-bond donors (Lipinski definition) is 2. The van der Waals surface area contributed by atoms with Gasteiger partial charge in [0, 0.05) is 31.3 Å². The number of nitrogens with zero attached hydrogens (tertiary/aromatic N) is 2. The van der Waals surface area contributed by atoms with Gasteiger partial charge in [0.2, 0.25) is 10.0 Å². The summed E-state index contributed by atoms with van der Waals surface area (Å²) in [4.78, 5) is 30.9. The van der Waals surface area contributed by atoms with Crippen molar-refractivity contribution in [2.75, 3.05) is 24.6 Å². The Morgan fingerprint density at radius 3 is 2.64 bits per heavy atom. The lowest BCUT2D eigenvalue weighted by Gasteiger charge is -2.48. The fourth-order valence-electron chi connectivity index (χ4n) is 7.96. The molecule has 0 bridgehead atoms. The number of allylic oxidation sites excluding steroid dienone is 1. The number of hydrogen-bond acceptors (Lipinski definition) is 8. The molecule has 1 aliphatic heterocycles. The van der Waals surface area contributed by atoms with Gasteiger partial charge in [-0.3, -0.25) is 4.79 Å². The van der Waals surface area contributed by atoms with Crippen LogP contribution in [0.1, 0.15) is 74.5 Å². The van der Waals surface area contributed by atoms with E-state index in [4.69, 9.17) is 26.2 Å². The second kappa shape index (κ2) is 12.7. The Morgan fingerprint density at radius 2 is 2.00 bits per heavy atom. The first-order valence-electron chi connectivity index (χ1n) is 16.2. The quantitative estimate of drug-likeness (QED) is 0.266. The van der Waals surface area contributed by atoms with Crippen molar-refractivity contribution in [3.63, 3.8) is 0 Å². The molecular formula is C34H41ClFN3O7S. The van der Waals surface area contributed by atoms with E-state index in [9.17, 15) is 23.1 Å². The highest BCUT2D eigenvalue weighted by Gasteiger charge is 2.48. The number of carboxylic acid groups (broad SMARTS) is 1. The van der Waals surface area contributed by atoms with Crippen LogP contribution in [-0.4, -0.2) is 61.5 Å². The Morgan fingerprint density at radius 1 is 1.26 bits per heavy atom. The van der Waals surface area contributed by atoms with Crippen LogP contribution in [0.4, 0.5) is 10.2 Å². The lowest BCUT2D eigenvalue weighted by atomic mass is 9.64. The molecule has 1 aromatic heterocycles. The summed E-state index contributed by atoms with van der Waals surface area (Å²) in [6.07, 6.45) is 5.91. The number of rotatable bonds is 9. The fraction of sp³-hybridized carbons (Fsp3) is 0.559. The topological polar surface area (TPSA) is 149 Å². The van der Waals surface area contributed by atoms with Gasteiger partial charge in [0.1, 0.15) is 11.9 Å². The Bertz CT molecular complexity index is 1740. The lowest BCUT2D eigenvalue weighted by molar-refractivity contribution is -0.150. The number of halogens is 2. The van der Waals surface area contributed by atoms with E-state index in [1.807, 2.05) is 19.1 Å². The van der Waals surface area contributed by atoms with Gasteiger partial charge >= 0.3 is 11.9 Å². The number of ether oxygens (including phenoxy) is 2. The Labute approximate surface area is 279 Å². The number of carbonyl (C=O) groups excluding carboxylic acids is 1. The van der Waals surface area contributed by atoms with Crippen molar-refractivity contribution in [2.24, 2.45) is 28.8 Å². The minimum absolute atomic E-state index is 0.00167. The zero-order chi connectivity index (χ0) is 33.8. The molecule has 0 radical (unpaired) electrons. The maximum atomic E-state index is 15.3. The molecule has 1 saturated carbocycles. The van der Waals surface area contributed by atoms with Crippen LogP contribution < -0.4 is 14.8 Å². The van der Waals surface area contributed by atoms with Gasteiger partial charge in [-0.05, 0) is 98.1 Å². The molecule has 13 heteroatoms. The highest BCUT2D eigenvalue weighted by Crippen LogP contribution is 2.49. The van der Waals surface area contributed by atoms with E-state index in [0.717, 1.165) is 36.8 Å². The molecule has 0 saturated heterocycles. The second-order valence-electron chi connectivity index (χ2n) is 13.8. The number of esters is 1. The maximum absolute atomic E-state index is 15.3. The molecule has 0 amide bonds. The SMILES string of the molecule is CC(=O)OC(C1=C[C@H]([C@H](C)[C@@H](C)S(N)(=O)=O)C1)[C@@H]1CC[C@H]1CN1C[C@@]2(CCCc3c2ccc(Cl)c3F)COc2ccc(C(=O)O)nc21. The maximum Gasteiger partial charge on any atom is 0.354 e. The van der Waals surface area contributed by atoms with E-state index in [0.29, 0.717) is 43.1 Å². The molecule has 2 heterocycles. The van der Waals surface area contributed by atoms with Crippen molar-refractivity contribution in [3.8, 4) is 5.75 Å². The molecule has 6 rings (SSSR count). The molecule has 4 aliphatic rings.